The molecule has 1 heterocycles. The number of nitrogens with one attached hydrogen (secondary N) is 1. The first-order valence-corrected chi connectivity index (χ1v) is 7.96. The molecule has 3 rings (SSSR count). The van der Waals surface area contributed by atoms with Crippen LogP contribution in [0.3, 0.4) is 0 Å². The number of carbonyl (C=O) groups is 2. The van der Waals surface area contributed by atoms with Crippen LogP contribution in [0.5, 0.6) is 0 Å². The molecule has 4 nitrogen and oxygen atoms in total. The molecule has 0 radical (unpaired) electrons. The van der Waals surface area contributed by atoms with Gasteiger partial charge in [-0.2, -0.15) is 0 Å². The minimum Gasteiger partial charge on any atom is -0.324 e. The average Bonchev–Trinajstić information content (AvgIpc) is 2.98. The quantitative estimate of drug-likeness (QED) is 0.941. The van der Waals surface area contributed by atoms with Crippen LogP contribution < -0.4 is 10.2 Å². The molecular formula is C19H20N2O2. The van der Waals surface area contributed by atoms with Crippen molar-refractivity contribution >= 4 is 23.2 Å². The fraction of sp³-hybridized carbons (Fsp3) is 0.263. The van der Waals surface area contributed by atoms with Gasteiger partial charge in [-0.15, -0.1) is 0 Å². The summed E-state index contributed by atoms with van der Waals surface area (Å²) in [6, 6.07) is 16.7. The van der Waals surface area contributed by atoms with E-state index in [4.69, 9.17) is 0 Å². The lowest BCUT2D eigenvalue weighted by Crippen LogP contribution is -2.41. The maximum absolute atomic E-state index is 12.6. The van der Waals surface area contributed by atoms with Gasteiger partial charge in [0.2, 0.25) is 11.8 Å². The second-order valence-corrected chi connectivity index (χ2v) is 5.69. The van der Waals surface area contributed by atoms with Gasteiger partial charge < -0.3 is 5.32 Å². The second-order valence-electron chi connectivity index (χ2n) is 5.69. The molecule has 1 aliphatic rings. The highest BCUT2D eigenvalue weighted by Crippen LogP contribution is 2.27. The Hall–Kier alpha value is -2.62. The van der Waals surface area contributed by atoms with Gasteiger partial charge in [0, 0.05) is 17.8 Å². The first kappa shape index (κ1) is 15.3. The van der Waals surface area contributed by atoms with E-state index in [-0.39, 0.29) is 11.8 Å². The van der Waals surface area contributed by atoms with Crippen molar-refractivity contribution in [1.82, 2.24) is 0 Å². The van der Waals surface area contributed by atoms with Crippen LogP contribution in [0, 0.1) is 0 Å². The summed E-state index contributed by atoms with van der Waals surface area (Å²) >= 11 is 0. The Morgan fingerprint density at radius 1 is 1.13 bits per heavy atom. The van der Waals surface area contributed by atoms with Crippen molar-refractivity contribution in [3.63, 3.8) is 0 Å². The topological polar surface area (TPSA) is 49.4 Å². The summed E-state index contributed by atoms with van der Waals surface area (Å²) in [4.78, 5) is 26.4. The van der Waals surface area contributed by atoms with Crippen molar-refractivity contribution in [2.45, 2.75) is 32.2 Å². The molecule has 0 bridgehead atoms. The molecule has 0 spiro atoms. The number of carbonyl (C=O) groups excluding carboxylic acids is 2. The molecule has 1 fully saturated rings. The number of aryl methyl sites for hydroxylation is 1. The molecule has 0 saturated carbocycles. The number of hydrogen-bond donors (Lipinski definition) is 1. The highest BCUT2D eigenvalue weighted by Gasteiger charge is 2.36. The zero-order chi connectivity index (χ0) is 16.2. The fourth-order valence-electron chi connectivity index (χ4n) is 2.89. The molecule has 2 aromatic rings. The van der Waals surface area contributed by atoms with Gasteiger partial charge >= 0.3 is 0 Å². The predicted octanol–water partition coefficient (Wildman–Crippen LogP) is 3.38. The van der Waals surface area contributed by atoms with Crippen molar-refractivity contribution in [2.24, 2.45) is 0 Å². The second kappa shape index (κ2) is 6.65. The van der Waals surface area contributed by atoms with Crippen LogP contribution in [0.1, 0.15) is 25.3 Å². The Bertz CT molecular complexity index is 695. The third kappa shape index (κ3) is 3.26. The van der Waals surface area contributed by atoms with Gasteiger partial charge in [0.05, 0.1) is 0 Å². The summed E-state index contributed by atoms with van der Waals surface area (Å²) in [6.45, 7) is 2.09. The zero-order valence-electron chi connectivity index (χ0n) is 13.2. The van der Waals surface area contributed by atoms with Crippen LogP contribution >= 0.6 is 0 Å². The Morgan fingerprint density at radius 3 is 2.48 bits per heavy atom. The van der Waals surface area contributed by atoms with Crippen molar-refractivity contribution in [1.29, 1.82) is 0 Å². The van der Waals surface area contributed by atoms with Gasteiger partial charge in [-0.1, -0.05) is 37.3 Å². The van der Waals surface area contributed by atoms with Gasteiger partial charge in [0.15, 0.2) is 0 Å². The van der Waals surface area contributed by atoms with Crippen molar-refractivity contribution in [3.05, 3.63) is 60.2 Å². The Morgan fingerprint density at radius 2 is 1.83 bits per heavy atom. The van der Waals surface area contributed by atoms with Gasteiger partial charge in [-0.25, -0.2) is 0 Å². The van der Waals surface area contributed by atoms with E-state index in [0.717, 1.165) is 17.8 Å². The number of para-hydroxylation sites is 1. The predicted molar refractivity (Wildman–Crippen MR) is 91.4 cm³/mol. The van der Waals surface area contributed by atoms with Crippen LogP contribution in [0.4, 0.5) is 11.4 Å². The Kier molecular flexibility index (Phi) is 4.42. The smallest absolute Gasteiger partial charge is 0.247 e. The lowest BCUT2D eigenvalue weighted by atomic mass is 10.1. The summed E-state index contributed by atoms with van der Waals surface area (Å²) in [5.74, 6) is -0.137. The fourth-order valence-corrected chi connectivity index (χ4v) is 2.89. The van der Waals surface area contributed by atoms with Crippen molar-refractivity contribution in [2.75, 3.05) is 10.2 Å². The molecule has 1 saturated heterocycles. The summed E-state index contributed by atoms with van der Waals surface area (Å²) in [7, 11) is 0. The Balaban J connectivity index is 1.76. The van der Waals surface area contributed by atoms with Crippen molar-refractivity contribution < 1.29 is 9.59 Å². The van der Waals surface area contributed by atoms with E-state index in [1.54, 1.807) is 4.90 Å². The molecular weight excluding hydrogens is 288 g/mol. The van der Waals surface area contributed by atoms with E-state index in [9.17, 15) is 9.59 Å². The largest absolute Gasteiger partial charge is 0.324 e. The first-order chi connectivity index (χ1) is 11.2. The minimum absolute atomic E-state index is 0.00215. The molecule has 2 amide bonds. The third-order valence-electron chi connectivity index (χ3n) is 4.18. The average molecular weight is 308 g/mol. The summed E-state index contributed by atoms with van der Waals surface area (Å²) in [5, 5.41) is 2.92. The van der Waals surface area contributed by atoms with E-state index in [2.05, 4.69) is 12.2 Å². The SMILES string of the molecule is CCc1ccc(NC(=O)C2CCC(=O)N2c2ccccc2)cc1. The number of amides is 2. The van der Waals surface area contributed by atoms with Gasteiger partial charge in [0.25, 0.3) is 0 Å². The lowest BCUT2D eigenvalue weighted by Gasteiger charge is -2.24. The number of nitrogens with zero attached hydrogens (tertiary/aromatic N) is 1. The number of anilines is 2. The first-order valence-electron chi connectivity index (χ1n) is 7.96. The minimum atomic E-state index is -0.448. The normalized spacial score (nSPS) is 17.3. The molecule has 23 heavy (non-hydrogen) atoms. The van der Waals surface area contributed by atoms with Crippen LogP contribution in [-0.2, 0) is 16.0 Å². The molecule has 4 heteroatoms. The molecule has 118 valence electrons. The third-order valence-corrected chi connectivity index (χ3v) is 4.18. The molecule has 1 atom stereocenters. The van der Waals surface area contributed by atoms with Crippen molar-refractivity contribution in [3.8, 4) is 0 Å². The van der Waals surface area contributed by atoms with Gasteiger partial charge in [0.1, 0.15) is 6.04 Å². The number of benzene rings is 2. The van der Waals surface area contributed by atoms with Gasteiger partial charge in [-0.05, 0) is 42.7 Å². The summed E-state index contributed by atoms with van der Waals surface area (Å²) in [5.41, 5.74) is 2.76. The lowest BCUT2D eigenvalue weighted by molar-refractivity contribution is -0.120. The van der Waals surface area contributed by atoms with Crippen LogP contribution in [0.2, 0.25) is 0 Å². The van der Waals surface area contributed by atoms with E-state index >= 15 is 0 Å². The van der Waals surface area contributed by atoms with E-state index in [1.807, 2.05) is 54.6 Å². The molecule has 1 unspecified atom stereocenters. The van der Waals surface area contributed by atoms with Gasteiger partial charge in [-0.3, -0.25) is 14.5 Å². The summed E-state index contributed by atoms with van der Waals surface area (Å²) in [6.07, 6.45) is 1.92. The highest BCUT2D eigenvalue weighted by molar-refractivity contribution is 6.07. The number of hydrogen-bond acceptors (Lipinski definition) is 2. The monoisotopic (exact) mass is 308 g/mol. The zero-order valence-corrected chi connectivity index (χ0v) is 13.2. The van der Waals surface area contributed by atoms with Crippen LogP contribution in [0.25, 0.3) is 0 Å². The van der Waals surface area contributed by atoms with Crippen LogP contribution in [-0.4, -0.2) is 17.9 Å². The molecule has 0 aliphatic carbocycles. The molecule has 1 aliphatic heterocycles. The van der Waals surface area contributed by atoms with Crippen LogP contribution in [0.15, 0.2) is 54.6 Å². The molecule has 2 aromatic carbocycles. The van der Waals surface area contributed by atoms with E-state index in [1.165, 1.54) is 5.56 Å². The van der Waals surface area contributed by atoms with E-state index in [0.29, 0.717) is 12.8 Å². The number of rotatable bonds is 4. The standard InChI is InChI=1S/C19H20N2O2/c1-2-14-8-10-15(11-9-14)20-19(23)17-12-13-18(22)21(17)16-6-4-3-5-7-16/h3-11,17H,2,12-13H2,1H3,(H,20,23). The summed E-state index contributed by atoms with van der Waals surface area (Å²) < 4.78 is 0. The maximum Gasteiger partial charge on any atom is 0.247 e. The molecule has 1 N–H and O–H groups in total. The van der Waals surface area contributed by atoms with E-state index < -0.39 is 6.04 Å². The molecule has 0 aromatic heterocycles. The maximum atomic E-state index is 12.6. The Labute approximate surface area is 136 Å². The highest BCUT2D eigenvalue weighted by atomic mass is 16.2.